The lowest BCUT2D eigenvalue weighted by molar-refractivity contribution is -0.115. The Labute approximate surface area is 114 Å². The van der Waals surface area contributed by atoms with Crippen molar-refractivity contribution in [2.75, 3.05) is 5.75 Å². The molecule has 0 atom stereocenters. The molecule has 104 valence electrons. The minimum atomic E-state index is -3.58. The molecule has 0 aliphatic carbocycles. The smallest absolute Gasteiger partial charge is 0.260 e. The minimum Gasteiger partial charge on any atom is -0.269 e. The van der Waals surface area contributed by atoms with Crippen LogP contribution in [0.2, 0.25) is 0 Å². The molecule has 0 saturated heterocycles. The fourth-order valence-electron chi connectivity index (χ4n) is 1.57. The van der Waals surface area contributed by atoms with E-state index in [4.69, 9.17) is 0 Å². The maximum atomic E-state index is 11.8. The molecule has 19 heavy (non-hydrogen) atoms. The van der Waals surface area contributed by atoms with Gasteiger partial charge in [0.2, 0.25) is 10.0 Å². The maximum Gasteiger partial charge on any atom is 0.260 e. The van der Waals surface area contributed by atoms with Crippen molar-refractivity contribution in [1.29, 1.82) is 0 Å². The maximum absolute atomic E-state index is 11.8. The summed E-state index contributed by atoms with van der Waals surface area (Å²) in [5.74, 6) is -0.641. The number of benzene rings is 1. The second-order valence-corrected chi connectivity index (χ2v) is 6.12. The van der Waals surface area contributed by atoms with Gasteiger partial charge in [0, 0.05) is 5.57 Å². The lowest BCUT2D eigenvalue weighted by atomic mass is 10.2. The summed E-state index contributed by atoms with van der Waals surface area (Å²) in [6, 6.07) is 9.31. The number of aryl methyl sites for hydroxylation is 1. The van der Waals surface area contributed by atoms with E-state index in [1.165, 1.54) is 0 Å². The second kappa shape index (κ2) is 7.09. The van der Waals surface area contributed by atoms with Gasteiger partial charge in [-0.15, -0.1) is 0 Å². The number of carbonyl (C=O) groups is 1. The fraction of sp³-hybridized carbons (Fsp3) is 0.357. The summed E-state index contributed by atoms with van der Waals surface area (Å²) in [7, 11) is -3.58. The summed E-state index contributed by atoms with van der Waals surface area (Å²) >= 11 is 0. The van der Waals surface area contributed by atoms with E-state index in [-0.39, 0.29) is 5.75 Å². The van der Waals surface area contributed by atoms with Crippen LogP contribution in [0.1, 0.15) is 25.8 Å². The molecule has 0 aromatic heterocycles. The molecule has 0 aliphatic heterocycles. The van der Waals surface area contributed by atoms with E-state index in [0.717, 1.165) is 5.56 Å². The molecule has 0 bridgehead atoms. The zero-order chi connectivity index (χ0) is 14.3. The van der Waals surface area contributed by atoms with Gasteiger partial charge in [0.15, 0.2) is 0 Å². The van der Waals surface area contributed by atoms with Gasteiger partial charge in [0.25, 0.3) is 5.91 Å². The van der Waals surface area contributed by atoms with Crippen molar-refractivity contribution in [3.63, 3.8) is 0 Å². The van der Waals surface area contributed by atoms with E-state index in [9.17, 15) is 13.2 Å². The highest BCUT2D eigenvalue weighted by Gasteiger charge is 2.15. The molecular weight excluding hydrogens is 262 g/mol. The van der Waals surface area contributed by atoms with Crippen molar-refractivity contribution >= 4 is 15.9 Å². The average Bonchev–Trinajstić information content (AvgIpc) is 2.37. The average molecular weight is 281 g/mol. The summed E-state index contributed by atoms with van der Waals surface area (Å²) in [5.41, 5.74) is 1.35. The zero-order valence-corrected chi connectivity index (χ0v) is 12.0. The van der Waals surface area contributed by atoms with Crippen LogP contribution < -0.4 is 4.72 Å². The summed E-state index contributed by atoms with van der Waals surface area (Å²) in [5, 5.41) is 0. The Hall–Kier alpha value is -1.62. The van der Waals surface area contributed by atoms with Gasteiger partial charge in [0.1, 0.15) is 0 Å². The van der Waals surface area contributed by atoms with Crippen LogP contribution in [0.15, 0.2) is 42.0 Å². The number of rotatable bonds is 6. The van der Waals surface area contributed by atoms with Crippen LogP contribution in [0, 0.1) is 0 Å². The lowest BCUT2D eigenvalue weighted by Crippen LogP contribution is -2.33. The fourth-order valence-corrected chi connectivity index (χ4v) is 2.62. The van der Waals surface area contributed by atoms with Gasteiger partial charge >= 0.3 is 0 Å². The predicted octanol–water partition coefficient (Wildman–Crippen LogP) is 2.03. The summed E-state index contributed by atoms with van der Waals surface area (Å²) in [6.45, 7) is 3.49. The first kappa shape index (κ1) is 15.4. The van der Waals surface area contributed by atoms with Crippen LogP contribution in [-0.4, -0.2) is 20.1 Å². The number of allylic oxidation sites excluding steroid dienone is 1. The number of nitrogens with one attached hydrogen (secondary N) is 1. The van der Waals surface area contributed by atoms with E-state index in [1.54, 1.807) is 13.0 Å². The molecule has 1 aromatic rings. The Morgan fingerprint density at radius 3 is 2.47 bits per heavy atom. The van der Waals surface area contributed by atoms with Crippen molar-refractivity contribution in [3.05, 3.63) is 47.5 Å². The van der Waals surface area contributed by atoms with Gasteiger partial charge < -0.3 is 0 Å². The Kier molecular flexibility index (Phi) is 5.76. The lowest BCUT2D eigenvalue weighted by Gasteiger charge is -2.07. The molecule has 0 saturated carbocycles. The summed E-state index contributed by atoms with van der Waals surface area (Å²) in [6.07, 6.45) is 2.78. The van der Waals surface area contributed by atoms with Crippen molar-refractivity contribution < 1.29 is 13.2 Å². The van der Waals surface area contributed by atoms with E-state index >= 15 is 0 Å². The van der Waals surface area contributed by atoms with Crippen LogP contribution in [0.25, 0.3) is 0 Å². The van der Waals surface area contributed by atoms with Crippen molar-refractivity contribution in [1.82, 2.24) is 4.72 Å². The molecule has 5 heteroatoms. The Bertz CT molecular complexity index is 547. The quantitative estimate of drug-likeness (QED) is 0.812. The van der Waals surface area contributed by atoms with E-state index < -0.39 is 15.9 Å². The van der Waals surface area contributed by atoms with Gasteiger partial charge in [-0.25, -0.2) is 13.1 Å². The first-order valence-electron chi connectivity index (χ1n) is 6.20. The predicted molar refractivity (Wildman–Crippen MR) is 76.1 cm³/mol. The molecule has 1 amide bonds. The minimum absolute atomic E-state index is 0.0951. The number of hydrogen-bond donors (Lipinski definition) is 1. The number of sulfonamides is 1. The molecule has 1 aromatic carbocycles. The van der Waals surface area contributed by atoms with Crippen LogP contribution >= 0.6 is 0 Å². The molecule has 1 N–H and O–H groups in total. The molecule has 0 heterocycles. The molecule has 4 nitrogen and oxygen atoms in total. The molecule has 0 fully saturated rings. The van der Waals surface area contributed by atoms with E-state index in [2.05, 4.69) is 4.72 Å². The highest BCUT2D eigenvalue weighted by Crippen LogP contribution is 2.02. The highest BCUT2D eigenvalue weighted by molar-refractivity contribution is 7.90. The first-order valence-corrected chi connectivity index (χ1v) is 7.85. The van der Waals surface area contributed by atoms with Gasteiger partial charge in [0.05, 0.1) is 5.75 Å². The Balaban J connectivity index is 2.58. The van der Waals surface area contributed by atoms with Crippen LogP contribution in [0.5, 0.6) is 0 Å². The second-order valence-electron chi connectivity index (χ2n) is 4.28. The van der Waals surface area contributed by atoms with Crippen molar-refractivity contribution in [2.45, 2.75) is 26.7 Å². The molecule has 0 aliphatic rings. The number of carbonyl (C=O) groups excluding carboxylic acids is 1. The summed E-state index contributed by atoms with van der Waals surface area (Å²) < 4.78 is 25.6. The van der Waals surface area contributed by atoms with Gasteiger partial charge in [-0.3, -0.25) is 4.79 Å². The normalized spacial score (nSPS) is 12.2. The molecule has 0 radical (unpaired) electrons. The summed E-state index contributed by atoms with van der Waals surface area (Å²) in [4.78, 5) is 11.6. The topological polar surface area (TPSA) is 63.2 Å². The molecule has 0 spiro atoms. The number of amides is 1. The zero-order valence-electron chi connectivity index (χ0n) is 11.2. The monoisotopic (exact) mass is 281 g/mol. The largest absolute Gasteiger partial charge is 0.269 e. The van der Waals surface area contributed by atoms with Crippen LogP contribution in [0.4, 0.5) is 0 Å². The third kappa shape index (κ3) is 5.70. The van der Waals surface area contributed by atoms with Crippen LogP contribution in [-0.2, 0) is 21.2 Å². The molecule has 1 rings (SSSR count). The Morgan fingerprint density at radius 2 is 1.89 bits per heavy atom. The van der Waals surface area contributed by atoms with Gasteiger partial charge in [-0.2, -0.15) is 0 Å². The van der Waals surface area contributed by atoms with E-state index in [1.807, 2.05) is 37.3 Å². The molecular formula is C14H19NO3S. The van der Waals surface area contributed by atoms with Crippen molar-refractivity contribution in [2.24, 2.45) is 0 Å². The standard InChI is InChI=1S/C14H19NO3S/c1-3-7-12(2)14(16)15-19(17,18)11-10-13-8-5-4-6-9-13/h4-9H,3,10-11H2,1-2H3,(H,15,16)/b12-7+. The third-order valence-electron chi connectivity index (χ3n) is 2.62. The highest BCUT2D eigenvalue weighted by atomic mass is 32.2. The van der Waals surface area contributed by atoms with Crippen molar-refractivity contribution in [3.8, 4) is 0 Å². The third-order valence-corrected chi connectivity index (χ3v) is 3.86. The number of hydrogen-bond acceptors (Lipinski definition) is 3. The van der Waals surface area contributed by atoms with E-state index in [0.29, 0.717) is 18.4 Å². The van der Waals surface area contributed by atoms with Crippen LogP contribution in [0.3, 0.4) is 0 Å². The van der Waals surface area contributed by atoms with Gasteiger partial charge in [-0.05, 0) is 25.3 Å². The Morgan fingerprint density at radius 1 is 1.26 bits per heavy atom. The SMILES string of the molecule is CC/C=C(\C)C(=O)NS(=O)(=O)CCc1ccccc1. The van der Waals surface area contributed by atoms with Gasteiger partial charge in [-0.1, -0.05) is 43.3 Å². The first-order chi connectivity index (χ1) is 8.94. The molecule has 0 unspecified atom stereocenters.